The third kappa shape index (κ3) is 2.32. The van der Waals surface area contributed by atoms with Gasteiger partial charge < -0.3 is 10.8 Å². The molecule has 1 aromatic rings. The van der Waals surface area contributed by atoms with Gasteiger partial charge in [-0.25, -0.2) is 4.39 Å². The van der Waals surface area contributed by atoms with Crippen LogP contribution in [0.5, 0.6) is 0 Å². The Morgan fingerprint density at radius 3 is 2.79 bits per heavy atom. The smallest absolute Gasteiger partial charge is 0.137 e. The minimum atomic E-state index is -0.731. The predicted molar refractivity (Wildman–Crippen MR) is 57.3 cm³/mol. The van der Waals surface area contributed by atoms with Crippen molar-refractivity contribution in [2.24, 2.45) is 11.7 Å². The fraction of sp³-hybridized carbons (Fsp3) is 0.400. The van der Waals surface area contributed by atoms with E-state index in [9.17, 15) is 9.50 Å². The molecule has 0 aliphatic carbocycles. The van der Waals surface area contributed by atoms with Crippen LogP contribution in [0.1, 0.15) is 18.6 Å². The number of hydrogen-bond donors (Lipinski definition) is 2. The highest BCUT2D eigenvalue weighted by Gasteiger charge is 2.18. The zero-order valence-corrected chi connectivity index (χ0v) is 9.46. The molecule has 1 aromatic carbocycles. The summed E-state index contributed by atoms with van der Waals surface area (Å²) in [5.74, 6) is -0.459. The van der Waals surface area contributed by atoms with Crippen molar-refractivity contribution in [2.75, 3.05) is 6.54 Å². The minimum Gasteiger partial charge on any atom is -0.388 e. The summed E-state index contributed by atoms with van der Waals surface area (Å²) >= 11 is 3.10. The Balaban J connectivity index is 3.01. The van der Waals surface area contributed by atoms with Crippen LogP contribution in [0.25, 0.3) is 0 Å². The summed E-state index contributed by atoms with van der Waals surface area (Å²) in [5, 5.41) is 9.82. The molecule has 0 amide bonds. The van der Waals surface area contributed by atoms with Gasteiger partial charge >= 0.3 is 0 Å². The van der Waals surface area contributed by atoms with Crippen LogP contribution in [0.3, 0.4) is 0 Å². The van der Waals surface area contributed by atoms with Gasteiger partial charge in [-0.05, 0) is 40.0 Å². The maximum Gasteiger partial charge on any atom is 0.137 e. The maximum atomic E-state index is 13.1. The van der Waals surface area contributed by atoms with Gasteiger partial charge in [0.2, 0.25) is 0 Å². The molecule has 1 rings (SSSR count). The molecule has 0 saturated heterocycles. The van der Waals surface area contributed by atoms with Gasteiger partial charge in [-0.15, -0.1) is 0 Å². The van der Waals surface area contributed by atoms with Gasteiger partial charge in [0.15, 0.2) is 0 Å². The summed E-state index contributed by atoms with van der Waals surface area (Å²) < 4.78 is 13.4. The Labute approximate surface area is 91.1 Å². The largest absolute Gasteiger partial charge is 0.388 e. The first-order chi connectivity index (χ1) is 6.57. The van der Waals surface area contributed by atoms with Crippen molar-refractivity contribution in [3.05, 3.63) is 34.1 Å². The highest BCUT2D eigenvalue weighted by molar-refractivity contribution is 9.10. The van der Waals surface area contributed by atoms with E-state index >= 15 is 0 Å². The van der Waals surface area contributed by atoms with E-state index in [1.54, 1.807) is 12.1 Å². The van der Waals surface area contributed by atoms with Crippen molar-refractivity contribution in [1.82, 2.24) is 0 Å². The predicted octanol–water partition coefficient (Wildman–Crippen LogP) is 2.22. The Hall–Kier alpha value is -0.450. The average molecular weight is 262 g/mol. The van der Waals surface area contributed by atoms with Gasteiger partial charge in [0.1, 0.15) is 5.82 Å². The van der Waals surface area contributed by atoms with E-state index in [0.29, 0.717) is 16.6 Å². The van der Waals surface area contributed by atoms with Gasteiger partial charge in [-0.1, -0.05) is 19.1 Å². The molecule has 3 N–H and O–H groups in total. The van der Waals surface area contributed by atoms with E-state index in [1.165, 1.54) is 6.07 Å². The fourth-order valence-electron chi connectivity index (χ4n) is 1.18. The van der Waals surface area contributed by atoms with Crippen LogP contribution in [0.2, 0.25) is 0 Å². The summed E-state index contributed by atoms with van der Waals surface area (Å²) in [6, 6.07) is 4.60. The highest BCUT2D eigenvalue weighted by atomic mass is 79.9. The molecular formula is C10H13BrFNO. The Bertz CT molecular complexity index is 319. The zero-order valence-electron chi connectivity index (χ0n) is 7.87. The second-order valence-corrected chi connectivity index (χ2v) is 4.09. The zero-order chi connectivity index (χ0) is 10.7. The van der Waals surface area contributed by atoms with Crippen molar-refractivity contribution in [2.45, 2.75) is 13.0 Å². The maximum absolute atomic E-state index is 13.1. The number of rotatable bonds is 3. The number of nitrogens with two attached hydrogens (primary N) is 1. The van der Waals surface area contributed by atoms with Gasteiger partial charge in [0.05, 0.1) is 10.6 Å². The van der Waals surface area contributed by atoms with Crippen molar-refractivity contribution in [3.8, 4) is 0 Å². The molecule has 0 aliphatic heterocycles. The monoisotopic (exact) mass is 261 g/mol. The number of aliphatic hydroxyl groups is 1. The van der Waals surface area contributed by atoms with E-state index in [2.05, 4.69) is 15.9 Å². The SMILES string of the molecule is CC(CN)C(O)c1cccc(F)c1Br. The van der Waals surface area contributed by atoms with Crippen molar-refractivity contribution < 1.29 is 9.50 Å². The standard InChI is InChI=1S/C10H13BrFNO/c1-6(5-13)10(14)7-3-2-4-8(12)9(7)11/h2-4,6,10,14H,5,13H2,1H3. The molecule has 0 fully saturated rings. The molecule has 0 spiro atoms. The molecule has 0 radical (unpaired) electrons. The van der Waals surface area contributed by atoms with E-state index in [4.69, 9.17) is 5.73 Å². The lowest BCUT2D eigenvalue weighted by molar-refractivity contribution is 0.120. The minimum absolute atomic E-state index is 0.0897. The van der Waals surface area contributed by atoms with E-state index in [-0.39, 0.29) is 11.7 Å². The molecule has 2 atom stereocenters. The third-order valence-electron chi connectivity index (χ3n) is 2.21. The van der Waals surface area contributed by atoms with Crippen LogP contribution in [-0.4, -0.2) is 11.7 Å². The summed E-state index contributed by atoms with van der Waals surface area (Å²) in [4.78, 5) is 0. The van der Waals surface area contributed by atoms with E-state index in [0.717, 1.165) is 0 Å². The van der Waals surface area contributed by atoms with Gasteiger partial charge in [-0.2, -0.15) is 0 Å². The van der Waals surface area contributed by atoms with Crippen LogP contribution < -0.4 is 5.73 Å². The number of halogens is 2. The third-order valence-corrected chi connectivity index (χ3v) is 3.05. The molecule has 2 nitrogen and oxygen atoms in total. The lowest BCUT2D eigenvalue weighted by Crippen LogP contribution is -2.19. The number of aliphatic hydroxyl groups excluding tert-OH is 1. The summed E-state index contributed by atoms with van der Waals surface area (Å²) in [7, 11) is 0. The molecule has 0 aliphatic rings. The first-order valence-corrected chi connectivity index (χ1v) is 5.19. The topological polar surface area (TPSA) is 46.2 Å². The fourth-order valence-corrected chi connectivity index (χ4v) is 1.68. The van der Waals surface area contributed by atoms with Crippen molar-refractivity contribution in [3.63, 3.8) is 0 Å². The van der Waals surface area contributed by atoms with Crippen LogP contribution in [0.4, 0.5) is 4.39 Å². The van der Waals surface area contributed by atoms with Crippen LogP contribution in [0.15, 0.2) is 22.7 Å². The quantitative estimate of drug-likeness (QED) is 0.877. The van der Waals surface area contributed by atoms with Gasteiger partial charge in [0.25, 0.3) is 0 Å². The number of hydrogen-bond acceptors (Lipinski definition) is 2. The van der Waals surface area contributed by atoms with E-state index in [1.807, 2.05) is 6.92 Å². The summed E-state index contributed by atoms with van der Waals surface area (Å²) in [6.07, 6.45) is -0.731. The summed E-state index contributed by atoms with van der Waals surface area (Å²) in [5.41, 5.74) is 5.97. The van der Waals surface area contributed by atoms with Crippen molar-refractivity contribution >= 4 is 15.9 Å². The molecule has 2 unspecified atom stereocenters. The van der Waals surface area contributed by atoms with Gasteiger partial charge in [-0.3, -0.25) is 0 Å². The van der Waals surface area contributed by atoms with Crippen LogP contribution in [-0.2, 0) is 0 Å². The Morgan fingerprint density at radius 1 is 1.57 bits per heavy atom. The van der Waals surface area contributed by atoms with E-state index < -0.39 is 6.10 Å². The highest BCUT2D eigenvalue weighted by Crippen LogP contribution is 2.29. The lowest BCUT2D eigenvalue weighted by atomic mass is 9.97. The lowest BCUT2D eigenvalue weighted by Gasteiger charge is -2.18. The Kier molecular flexibility index (Phi) is 4.04. The first-order valence-electron chi connectivity index (χ1n) is 4.40. The van der Waals surface area contributed by atoms with Gasteiger partial charge in [0, 0.05) is 0 Å². The second kappa shape index (κ2) is 4.87. The molecule has 4 heteroatoms. The molecule has 0 heterocycles. The van der Waals surface area contributed by atoms with Crippen LogP contribution in [0, 0.1) is 11.7 Å². The first kappa shape index (κ1) is 11.6. The normalized spacial score (nSPS) is 15.2. The molecule has 0 bridgehead atoms. The second-order valence-electron chi connectivity index (χ2n) is 3.30. The summed E-state index contributed by atoms with van der Waals surface area (Å²) in [6.45, 7) is 2.19. The van der Waals surface area contributed by atoms with Crippen LogP contribution >= 0.6 is 15.9 Å². The van der Waals surface area contributed by atoms with Crippen molar-refractivity contribution in [1.29, 1.82) is 0 Å². The molecule has 0 aromatic heterocycles. The molecular weight excluding hydrogens is 249 g/mol. The molecule has 14 heavy (non-hydrogen) atoms. The molecule has 0 saturated carbocycles. The number of benzene rings is 1. The Morgan fingerprint density at radius 2 is 2.21 bits per heavy atom. The molecule has 78 valence electrons. The average Bonchev–Trinajstić information content (AvgIpc) is 2.20.